The summed E-state index contributed by atoms with van der Waals surface area (Å²) in [7, 11) is 2.03. The Balaban J connectivity index is 1.73. The van der Waals surface area contributed by atoms with E-state index in [2.05, 4.69) is 9.88 Å². The number of halogens is 6. The zero-order valence-corrected chi connectivity index (χ0v) is 17.9. The SMILES string of the molecule is CN1CCC(n2c(C(N)Cc3cc(C(F)(F)F)cc(C(F)(F)F)c3)nc3ccccc32)CC1. The van der Waals surface area contributed by atoms with E-state index in [1.807, 2.05) is 35.9 Å². The normalized spacial score (nSPS) is 17.6. The lowest BCUT2D eigenvalue weighted by molar-refractivity contribution is -0.143. The van der Waals surface area contributed by atoms with Gasteiger partial charge in [0.1, 0.15) is 5.82 Å². The molecule has 33 heavy (non-hydrogen) atoms. The van der Waals surface area contributed by atoms with Gasteiger partial charge in [-0.2, -0.15) is 26.3 Å². The predicted molar refractivity (Wildman–Crippen MR) is 113 cm³/mol. The van der Waals surface area contributed by atoms with Gasteiger partial charge in [-0.1, -0.05) is 12.1 Å². The smallest absolute Gasteiger partial charge is 0.323 e. The zero-order valence-electron chi connectivity index (χ0n) is 17.9. The first kappa shape index (κ1) is 23.6. The maximum Gasteiger partial charge on any atom is 0.416 e. The second-order valence-electron chi connectivity index (χ2n) is 8.59. The Kier molecular flexibility index (Phi) is 6.17. The molecule has 3 aromatic rings. The van der Waals surface area contributed by atoms with E-state index in [0.717, 1.165) is 43.6 Å². The molecule has 1 aliphatic rings. The van der Waals surface area contributed by atoms with Crippen molar-refractivity contribution in [2.75, 3.05) is 20.1 Å². The van der Waals surface area contributed by atoms with E-state index < -0.39 is 29.5 Å². The first-order valence-corrected chi connectivity index (χ1v) is 10.6. The van der Waals surface area contributed by atoms with Crippen molar-refractivity contribution in [3.8, 4) is 0 Å². The molecule has 2 aromatic carbocycles. The fourth-order valence-electron chi connectivity index (χ4n) is 4.44. The summed E-state index contributed by atoms with van der Waals surface area (Å²) in [6.45, 7) is 1.74. The predicted octanol–water partition coefficient (Wildman–Crippen LogP) is 5.58. The third-order valence-corrected chi connectivity index (χ3v) is 6.11. The number of alkyl halides is 6. The van der Waals surface area contributed by atoms with E-state index >= 15 is 0 Å². The van der Waals surface area contributed by atoms with Crippen molar-refractivity contribution >= 4 is 11.0 Å². The first-order chi connectivity index (χ1) is 15.4. The molecule has 2 N–H and O–H groups in total. The minimum atomic E-state index is -4.90. The molecule has 178 valence electrons. The summed E-state index contributed by atoms with van der Waals surface area (Å²) >= 11 is 0. The Labute approximate surface area is 187 Å². The van der Waals surface area contributed by atoms with E-state index in [-0.39, 0.29) is 24.1 Å². The van der Waals surface area contributed by atoms with Crippen LogP contribution in [0.25, 0.3) is 11.0 Å². The summed E-state index contributed by atoms with van der Waals surface area (Å²) < 4.78 is 81.6. The largest absolute Gasteiger partial charge is 0.416 e. The number of piperidine rings is 1. The Morgan fingerprint density at radius 1 is 0.970 bits per heavy atom. The highest BCUT2D eigenvalue weighted by molar-refractivity contribution is 5.76. The quantitative estimate of drug-likeness (QED) is 0.507. The van der Waals surface area contributed by atoms with Crippen molar-refractivity contribution < 1.29 is 26.3 Å². The highest BCUT2D eigenvalue weighted by Crippen LogP contribution is 2.37. The lowest BCUT2D eigenvalue weighted by Gasteiger charge is -2.32. The van der Waals surface area contributed by atoms with Gasteiger partial charge in [0.2, 0.25) is 0 Å². The molecule has 1 saturated heterocycles. The summed E-state index contributed by atoms with van der Waals surface area (Å²) in [4.78, 5) is 6.83. The first-order valence-electron chi connectivity index (χ1n) is 10.6. The van der Waals surface area contributed by atoms with Crippen LogP contribution in [-0.2, 0) is 18.8 Å². The third-order valence-electron chi connectivity index (χ3n) is 6.11. The summed E-state index contributed by atoms with van der Waals surface area (Å²) in [5.41, 5.74) is 5.12. The van der Waals surface area contributed by atoms with Crippen LogP contribution >= 0.6 is 0 Å². The van der Waals surface area contributed by atoms with Crippen LogP contribution in [0.3, 0.4) is 0 Å². The molecule has 0 radical (unpaired) electrons. The number of fused-ring (bicyclic) bond motifs is 1. The van der Waals surface area contributed by atoms with Gasteiger partial charge in [-0.05, 0) is 75.3 Å². The minimum absolute atomic E-state index is 0.0990. The lowest BCUT2D eigenvalue weighted by Crippen LogP contribution is -2.33. The molecule has 1 aromatic heterocycles. The monoisotopic (exact) mass is 470 g/mol. The average molecular weight is 470 g/mol. The topological polar surface area (TPSA) is 47.1 Å². The number of imidazole rings is 1. The molecule has 0 bridgehead atoms. The highest BCUT2D eigenvalue weighted by Gasteiger charge is 2.37. The van der Waals surface area contributed by atoms with Gasteiger partial charge >= 0.3 is 12.4 Å². The molecule has 1 unspecified atom stereocenters. The maximum atomic E-state index is 13.3. The molecule has 10 heteroatoms. The van der Waals surface area contributed by atoms with Crippen LogP contribution in [-0.4, -0.2) is 34.6 Å². The van der Waals surface area contributed by atoms with Crippen LogP contribution < -0.4 is 5.73 Å². The number of hydrogen-bond donors (Lipinski definition) is 1. The molecule has 2 heterocycles. The van der Waals surface area contributed by atoms with Crippen molar-refractivity contribution in [2.24, 2.45) is 5.73 Å². The van der Waals surface area contributed by atoms with Gasteiger partial charge in [0.15, 0.2) is 0 Å². The zero-order chi connectivity index (χ0) is 24.0. The number of hydrogen-bond acceptors (Lipinski definition) is 3. The second kappa shape index (κ2) is 8.64. The molecule has 4 rings (SSSR count). The highest BCUT2D eigenvalue weighted by atomic mass is 19.4. The van der Waals surface area contributed by atoms with Crippen molar-refractivity contribution in [1.29, 1.82) is 0 Å². The average Bonchev–Trinajstić information content (AvgIpc) is 3.13. The molecule has 1 aliphatic heterocycles. The molecule has 4 nitrogen and oxygen atoms in total. The fraction of sp³-hybridized carbons (Fsp3) is 0.435. The Hall–Kier alpha value is -2.59. The molecule has 0 aliphatic carbocycles. The second-order valence-corrected chi connectivity index (χ2v) is 8.59. The third kappa shape index (κ3) is 5.01. The van der Waals surface area contributed by atoms with E-state index in [4.69, 9.17) is 5.73 Å². The van der Waals surface area contributed by atoms with Crippen LogP contribution in [0.2, 0.25) is 0 Å². The van der Waals surface area contributed by atoms with Crippen molar-refractivity contribution in [1.82, 2.24) is 14.5 Å². The molecule has 1 fully saturated rings. The van der Waals surface area contributed by atoms with Crippen LogP contribution in [0.15, 0.2) is 42.5 Å². The Morgan fingerprint density at radius 2 is 1.55 bits per heavy atom. The van der Waals surface area contributed by atoms with Crippen molar-refractivity contribution in [3.63, 3.8) is 0 Å². The number of benzene rings is 2. The summed E-state index contributed by atoms with van der Waals surface area (Å²) in [6, 6.07) is 8.24. The van der Waals surface area contributed by atoms with Crippen molar-refractivity contribution in [3.05, 3.63) is 65.0 Å². The Bertz CT molecular complexity index is 1090. The van der Waals surface area contributed by atoms with E-state index in [1.54, 1.807) is 0 Å². The fourth-order valence-corrected chi connectivity index (χ4v) is 4.44. The van der Waals surface area contributed by atoms with Gasteiger partial charge in [0.05, 0.1) is 28.2 Å². The number of likely N-dealkylation sites (tertiary alicyclic amines) is 1. The van der Waals surface area contributed by atoms with Gasteiger partial charge in [-0.3, -0.25) is 0 Å². The van der Waals surface area contributed by atoms with Crippen LogP contribution in [0.5, 0.6) is 0 Å². The summed E-state index contributed by atoms with van der Waals surface area (Å²) in [5, 5.41) is 0. The number of aromatic nitrogens is 2. The van der Waals surface area contributed by atoms with Gasteiger partial charge in [-0.15, -0.1) is 0 Å². The number of nitrogens with two attached hydrogens (primary N) is 1. The molecular weight excluding hydrogens is 446 g/mol. The van der Waals surface area contributed by atoms with Crippen LogP contribution in [0.4, 0.5) is 26.3 Å². The number of rotatable bonds is 4. The van der Waals surface area contributed by atoms with E-state index in [1.165, 1.54) is 0 Å². The molecular formula is C23H24F6N4. The number of nitrogens with zero attached hydrogens (tertiary/aromatic N) is 3. The van der Waals surface area contributed by atoms with Crippen LogP contribution in [0, 0.1) is 0 Å². The van der Waals surface area contributed by atoms with E-state index in [9.17, 15) is 26.3 Å². The molecule has 0 spiro atoms. The molecule has 1 atom stereocenters. The van der Waals surface area contributed by atoms with Gasteiger partial charge < -0.3 is 15.2 Å². The van der Waals surface area contributed by atoms with Gasteiger partial charge in [0.25, 0.3) is 0 Å². The summed E-state index contributed by atoms with van der Waals surface area (Å²) in [6.07, 6.45) is -8.32. The Morgan fingerprint density at radius 3 is 2.12 bits per heavy atom. The van der Waals surface area contributed by atoms with Crippen molar-refractivity contribution in [2.45, 2.75) is 43.7 Å². The maximum absolute atomic E-state index is 13.3. The lowest BCUT2D eigenvalue weighted by atomic mass is 9.98. The summed E-state index contributed by atoms with van der Waals surface area (Å²) in [5.74, 6) is 0.469. The van der Waals surface area contributed by atoms with Gasteiger partial charge in [0, 0.05) is 6.04 Å². The van der Waals surface area contributed by atoms with E-state index in [0.29, 0.717) is 11.3 Å². The van der Waals surface area contributed by atoms with Crippen LogP contribution in [0.1, 0.15) is 47.4 Å². The minimum Gasteiger partial charge on any atom is -0.323 e. The molecule has 0 saturated carbocycles. The number of para-hydroxylation sites is 2. The van der Waals surface area contributed by atoms with Gasteiger partial charge in [-0.25, -0.2) is 4.98 Å². The standard InChI is InChI=1S/C23H24F6N4/c1-32-8-6-17(7-9-32)33-20-5-3-2-4-19(20)31-21(33)18(30)12-14-10-15(22(24,25)26)13-16(11-14)23(27,28)29/h2-5,10-11,13,17-18H,6-9,12,30H2,1H3. The molecule has 0 amide bonds.